The van der Waals surface area contributed by atoms with E-state index in [2.05, 4.69) is 48.3 Å². The van der Waals surface area contributed by atoms with E-state index in [4.69, 9.17) is 0 Å². The average molecular weight is 381 g/mol. The van der Waals surface area contributed by atoms with E-state index in [0.29, 0.717) is 18.2 Å². The van der Waals surface area contributed by atoms with E-state index >= 15 is 0 Å². The zero-order chi connectivity index (χ0) is 19.9. The Labute approximate surface area is 168 Å². The topological polar surface area (TPSA) is 52.6 Å². The second-order valence-corrected chi connectivity index (χ2v) is 7.64. The van der Waals surface area contributed by atoms with Crippen molar-refractivity contribution < 1.29 is 9.90 Å². The number of nitrogens with one attached hydrogen (secondary N) is 1. The van der Waals surface area contributed by atoms with Crippen molar-refractivity contribution in [2.24, 2.45) is 0 Å². The van der Waals surface area contributed by atoms with Crippen molar-refractivity contribution in [1.29, 1.82) is 0 Å². The summed E-state index contributed by atoms with van der Waals surface area (Å²) in [6, 6.07) is 16.3. The lowest BCUT2D eigenvalue weighted by Gasteiger charge is -2.30. The van der Waals surface area contributed by atoms with Gasteiger partial charge in [0.2, 0.25) is 5.91 Å². The maximum atomic E-state index is 12.6. The highest BCUT2D eigenvalue weighted by Gasteiger charge is 2.24. The van der Waals surface area contributed by atoms with Crippen LogP contribution in [0.5, 0.6) is 5.75 Å². The maximum absolute atomic E-state index is 12.6. The van der Waals surface area contributed by atoms with Crippen LogP contribution in [0.25, 0.3) is 0 Å². The minimum atomic E-state index is 0.143. The maximum Gasteiger partial charge on any atom is 0.220 e. The lowest BCUT2D eigenvalue weighted by Crippen LogP contribution is -2.38. The molecule has 4 heteroatoms. The van der Waals surface area contributed by atoms with Crippen LogP contribution in [-0.4, -0.2) is 35.0 Å². The predicted octanol–water partition coefficient (Wildman–Crippen LogP) is 4.23. The number of aryl methyl sites for hydroxylation is 1. The molecule has 1 unspecified atom stereocenters. The molecule has 0 spiro atoms. The van der Waals surface area contributed by atoms with Crippen molar-refractivity contribution >= 4 is 5.91 Å². The fraction of sp³-hybridized carbons (Fsp3) is 0.458. The van der Waals surface area contributed by atoms with Gasteiger partial charge in [-0.05, 0) is 67.6 Å². The number of amides is 1. The Morgan fingerprint density at radius 3 is 2.57 bits per heavy atom. The summed E-state index contributed by atoms with van der Waals surface area (Å²) in [6.07, 6.45) is 4.31. The summed E-state index contributed by atoms with van der Waals surface area (Å²) >= 11 is 0. The number of hydrogen-bond acceptors (Lipinski definition) is 3. The quantitative estimate of drug-likeness (QED) is 0.684. The van der Waals surface area contributed by atoms with Crippen LogP contribution >= 0.6 is 0 Å². The first-order chi connectivity index (χ1) is 13.6. The predicted molar refractivity (Wildman–Crippen MR) is 113 cm³/mol. The molecule has 2 aromatic carbocycles. The van der Waals surface area contributed by atoms with E-state index in [-0.39, 0.29) is 11.9 Å². The Bertz CT molecular complexity index is 768. The van der Waals surface area contributed by atoms with E-state index in [9.17, 15) is 9.90 Å². The lowest BCUT2D eigenvalue weighted by atomic mass is 9.99. The van der Waals surface area contributed by atoms with Gasteiger partial charge in [0, 0.05) is 12.5 Å². The Hall–Kier alpha value is -2.33. The van der Waals surface area contributed by atoms with Gasteiger partial charge in [-0.25, -0.2) is 0 Å². The SMILES string of the molecule is CCN(CC)[C@H](CCC(=O)NC1CCc2ccccc21)Cc1ccc(O)cc1. The van der Waals surface area contributed by atoms with Crippen LogP contribution in [0, 0.1) is 0 Å². The molecule has 0 bridgehead atoms. The highest BCUT2D eigenvalue weighted by atomic mass is 16.3. The number of nitrogens with zero attached hydrogens (tertiary/aromatic N) is 1. The third-order valence-corrected chi connectivity index (χ3v) is 5.91. The number of rotatable bonds is 9. The van der Waals surface area contributed by atoms with Gasteiger partial charge in [0.15, 0.2) is 0 Å². The molecule has 2 atom stereocenters. The fourth-order valence-corrected chi connectivity index (χ4v) is 4.33. The molecule has 4 nitrogen and oxygen atoms in total. The minimum Gasteiger partial charge on any atom is -0.508 e. The van der Waals surface area contributed by atoms with Crippen LogP contribution in [-0.2, 0) is 17.6 Å². The number of carbonyl (C=O) groups is 1. The second-order valence-electron chi connectivity index (χ2n) is 7.64. The molecule has 1 amide bonds. The zero-order valence-corrected chi connectivity index (χ0v) is 17.0. The van der Waals surface area contributed by atoms with Gasteiger partial charge >= 0.3 is 0 Å². The standard InChI is InChI=1S/C24H32N2O2/c1-3-26(4-2)20(17-18-9-13-21(27)14-10-18)12-16-24(28)25-23-15-11-19-7-5-6-8-22(19)23/h5-10,13-14,20,23,27H,3-4,11-12,15-17H2,1-2H3,(H,25,28)/t20-,23?/m1/s1. The summed E-state index contributed by atoms with van der Waals surface area (Å²) < 4.78 is 0. The van der Waals surface area contributed by atoms with Gasteiger partial charge in [-0.3, -0.25) is 4.79 Å². The first-order valence-electron chi connectivity index (χ1n) is 10.5. The van der Waals surface area contributed by atoms with Crippen LogP contribution in [0.15, 0.2) is 48.5 Å². The monoisotopic (exact) mass is 380 g/mol. The van der Waals surface area contributed by atoms with Gasteiger partial charge in [-0.15, -0.1) is 0 Å². The van der Waals surface area contributed by atoms with E-state index in [0.717, 1.165) is 38.8 Å². The highest BCUT2D eigenvalue weighted by molar-refractivity contribution is 5.76. The van der Waals surface area contributed by atoms with Crippen molar-refractivity contribution in [2.45, 2.75) is 58.0 Å². The number of aromatic hydroxyl groups is 1. The number of carbonyl (C=O) groups excluding carboxylic acids is 1. The van der Waals surface area contributed by atoms with E-state index in [1.165, 1.54) is 16.7 Å². The van der Waals surface area contributed by atoms with Crippen molar-refractivity contribution in [1.82, 2.24) is 10.2 Å². The molecule has 0 aliphatic heterocycles. The molecule has 150 valence electrons. The largest absolute Gasteiger partial charge is 0.508 e. The molecule has 0 aromatic heterocycles. The third kappa shape index (κ3) is 5.14. The number of phenols is 1. The molecule has 0 saturated carbocycles. The molecule has 1 aliphatic carbocycles. The molecule has 0 heterocycles. The molecule has 1 aliphatic rings. The normalized spacial score (nSPS) is 16.8. The number of fused-ring (bicyclic) bond motifs is 1. The summed E-state index contributed by atoms with van der Waals surface area (Å²) in [6.45, 7) is 6.28. The molecular weight excluding hydrogens is 348 g/mol. The number of phenolic OH excluding ortho intramolecular Hbond substituents is 1. The first-order valence-corrected chi connectivity index (χ1v) is 10.5. The van der Waals surface area contributed by atoms with Crippen LogP contribution in [0.1, 0.15) is 55.8 Å². The molecule has 0 radical (unpaired) electrons. The van der Waals surface area contributed by atoms with Crippen LogP contribution in [0.3, 0.4) is 0 Å². The summed E-state index contributed by atoms with van der Waals surface area (Å²) in [4.78, 5) is 15.1. The summed E-state index contributed by atoms with van der Waals surface area (Å²) in [7, 11) is 0. The van der Waals surface area contributed by atoms with Gasteiger partial charge in [-0.2, -0.15) is 0 Å². The second kappa shape index (κ2) is 9.74. The van der Waals surface area contributed by atoms with Gasteiger partial charge < -0.3 is 15.3 Å². The smallest absolute Gasteiger partial charge is 0.220 e. The lowest BCUT2D eigenvalue weighted by molar-refractivity contribution is -0.122. The summed E-state index contributed by atoms with van der Waals surface area (Å²) in [5.41, 5.74) is 3.83. The summed E-state index contributed by atoms with van der Waals surface area (Å²) in [5.74, 6) is 0.434. The van der Waals surface area contributed by atoms with Crippen LogP contribution in [0.2, 0.25) is 0 Å². The zero-order valence-electron chi connectivity index (χ0n) is 17.0. The van der Waals surface area contributed by atoms with E-state index in [1.807, 2.05) is 12.1 Å². The highest BCUT2D eigenvalue weighted by Crippen LogP contribution is 2.30. The molecule has 28 heavy (non-hydrogen) atoms. The third-order valence-electron chi connectivity index (χ3n) is 5.91. The Kier molecular flexibility index (Phi) is 7.10. The van der Waals surface area contributed by atoms with Crippen molar-refractivity contribution in [3.05, 3.63) is 65.2 Å². The average Bonchev–Trinajstić information content (AvgIpc) is 3.11. The number of hydrogen-bond donors (Lipinski definition) is 2. The van der Waals surface area contributed by atoms with Gasteiger partial charge in [0.1, 0.15) is 5.75 Å². The van der Waals surface area contributed by atoms with Gasteiger partial charge in [0.05, 0.1) is 6.04 Å². The molecule has 2 N–H and O–H groups in total. The first kappa shape index (κ1) is 20.4. The van der Waals surface area contributed by atoms with E-state index < -0.39 is 0 Å². The van der Waals surface area contributed by atoms with Crippen LogP contribution < -0.4 is 5.32 Å². The summed E-state index contributed by atoms with van der Waals surface area (Å²) in [5, 5.41) is 12.8. The van der Waals surface area contributed by atoms with Crippen molar-refractivity contribution in [2.75, 3.05) is 13.1 Å². The Morgan fingerprint density at radius 2 is 1.86 bits per heavy atom. The Morgan fingerprint density at radius 1 is 1.14 bits per heavy atom. The van der Waals surface area contributed by atoms with Crippen molar-refractivity contribution in [3.63, 3.8) is 0 Å². The van der Waals surface area contributed by atoms with Gasteiger partial charge in [0.25, 0.3) is 0 Å². The van der Waals surface area contributed by atoms with Crippen molar-refractivity contribution in [3.8, 4) is 5.75 Å². The van der Waals surface area contributed by atoms with Crippen LogP contribution in [0.4, 0.5) is 0 Å². The Balaban J connectivity index is 1.58. The molecule has 0 fully saturated rings. The number of likely N-dealkylation sites (N-methyl/N-ethyl adjacent to an activating group) is 1. The van der Waals surface area contributed by atoms with Gasteiger partial charge in [-0.1, -0.05) is 50.2 Å². The molecule has 3 rings (SSSR count). The van der Waals surface area contributed by atoms with E-state index in [1.54, 1.807) is 12.1 Å². The minimum absolute atomic E-state index is 0.143. The fourth-order valence-electron chi connectivity index (χ4n) is 4.33. The molecular formula is C24H32N2O2. The molecule has 2 aromatic rings. The molecule has 0 saturated heterocycles. The number of benzene rings is 2.